The van der Waals surface area contributed by atoms with Crippen LogP contribution in [0.15, 0.2) is 42.5 Å². The van der Waals surface area contributed by atoms with E-state index in [0.717, 1.165) is 11.1 Å². The average Bonchev–Trinajstić information content (AvgIpc) is 2.59. The highest BCUT2D eigenvalue weighted by atomic mass is 35.5. The van der Waals surface area contributed by atoms with Gasteiger partial charge in [-0.25, -0.2) is 0 Å². The number of ether oxygens (including phenoxy) is 1. The van der Waals surface area contributed by atoms with Crippen LogP contribution in [-0.4, -0.2) is 17.6 Å². The molecule has 0 bridgehead atoms. The summed E-state index contributed by atoms with van der Waals surface area (Å²) in [4.78, 5) is 10.9. The normalized spacial score (nSPS) is 11.1. The van der Waals surface area contributed by atoms with Crippen LogP contribution in [0.2, 0.25) is 5.02 Å². The van der Waals surface area contributed by atoms with E-state index < -0.39 is 5.97 Å². The summed E-state index contributed by atoms with van der Waals surface area (Å²) in [5.41, 5.74) is 7.93. The molecule has 2 rings (SSSR count). The maximum Gasteiger partial charge on any atom is 0.304 e. The number of hydrogen-bond acceptors (Lipinski definition) is 4. The first kappa shape index (κ1) is 20.8. The number of nitrogens with zero attached hydrogens (tertiary/aromatic N) is 1. The Kier molecular flexibility index (Phi) is 8.23. The van der Waals surface area contributed by atoms with E-state index in [1.807, 2.05) is 12.1 Å². The van der Waals surface area contributed by atoms with Crippen molar-refractivity contribution in [2.24, 2.45) is 5.73 Å². The molecule has 0 saturated carbocycles. The third-order valence-electron chi connectivity index (χ3n) is 3.61. The van der Waals surface area contributed by atoms with Gasteiger partial charge in [0.15, 0.2) is 0 Å². The van der Waals surface area contributed by atoms with Gasteiger partial charge >= 0.3 is 5.97 Å². The Morgan fingerprint density at radius 2 is 1.96 bits per heavy atom. The number of carbonyl (C=O) groups is 1. The van der Waals surface area contributed by atoms with Crippen LogP contribution < -0.4 is 10.5 Å². The smallest absolute Gasteiger partial charge is 0.304 e. The summed E-state index contributed by atoms with van der Waals surface area (Å²) in [6.45, 7) is 0.518. The molecule has 132 valence electrons. The monoisotopic (exact) mass is 380 g/mol. The summed E-state index contributed by atoms with van der Waals surface area (Å²) in [5.74, 6) is -0.722. The van der Waals surface area contributed by atoms with Gasteiger partial charge in [-0.1, -0.05) is 29.8 Å². The Morgan fingerprint density at radius 1 is 1.28 bits per heavy atom. The van der Waals surface area contributed by atoms with E-state index in [4.69, 9.17) is 32.4 Å². The average molecular weight is 381 g/mol. The maximum atomic E-state index is 10.9. The van der Waals surface area contributed by atoms with Crippen molar-refractivity contribution in [1.82, 2.24) is 0 Å². The lowest BCUT2D eigenvalue weighted by Gasteiger charge is -2.15. The third-order valence-corrected chi connectivity index (χ3v) is 3.92. The molecule has 0 fully saturated rings. The molecule has 0 aliphatic rings. The molecular weight excluding hydrogens is 363 g/mol. The minimum Gasteiger partial charge on any atom is -0.487 e. The zero-order valence-electron chi connectivity index (χ0n) is 13.3. The topological polar surface area (TPSA) is 96.3 Å². The summed E-state index contributed by atoms with van der Waals surface area (Å²) >= 11 is 6.15. The maximum absolute atomic E-state index is 10.9. The van der Waals surface area contributed by atoms with Gasteiger partial charge in [0.2, 0.25) is 0 Å². The van der Waals surface area contributed by atoms with Crippen LogP contribution in [-0.2, 0) is 11.4 Å². The van der Waals surface area contributed by atoms with Crippen molar-refractivity contribution in [3.8, 4) is 11.8 Å². The summed E-state index contributed by atoms with van der Waals surface area (Å²) < 4.78 is 5.73. The summed E-state index contributed by atoms with van der Waals surface area (Å²) in [6.07, 6.45) is -0.0484. The molecule has 2 aromatic carbocycles. The first-order chi connectivity index (χ1) is 11.5. The first-order valence-corrected chi connectivity index (χ1v) is 7.74. The highest BCUT2D eigenvalue weighted by Crippen LogP contribution is 2.30. The number of nitriles is 1. The molecule has 7 heteroatoms. The summed E-state index contributed by atoms with van der Waals surface area (Å²) in [7, 11) is 0. The highest BCUT2D eigenvalue weighted by Gasteiger charge is 2.16. The Labute approximate surface area is 157 Å². The SMILES string of the molecule is Cl.N#Cc1ccc(COc2cc([C@H](CN)CC(=O)O)ccc2Cl)cc1. The second-order valence-corrected chi connectivity index (χ2v) is 5.72. The predicted molar refractivity (Wildman–Crippen MR) is 98.2 cm³/mol. The van der Waals surface area contributed by atoms with Gasteiger partial charge in [-0.3, -0.25) is 4.79 Å². The molecule has 0 aliphatic carbocycles. The van der Waals surface area contributed by atoms with E-state index in [1.54, 1.807) is 30.3 Å². The van der Waals surface area contributed by atoms with Crippen molar-refractivity contribution >= 4 is 30.0 Å². The fraction of sp³-hybridized carbons (Fsp3) is 0.222. The second-order valence-electron chi connectivity index (χ2n) is 5.32. The predicted octanol–water partition coefficient (Wildman–Crippen LogP) is 3.73. The number of aliphatic carboxylic acids is 1. The minimum atomic E-state index is -0.902. The van der Waals surface area contributed by atoms with E-state index >= 15 is 0 Å². The number of carboxylic acids is 1. The standard InChI is InChI=1S/C18H17ClN2O3.ClH/c19-16-6-5-14(15(10-21)8-18(22)23)7-17(16)24-11-13-3-1-12(9-20)2-4-13;/h1-7,15H,8,10-11,21H2,(H,22,23);1H/t15-;/m0./s1. The zero-order chi connectivity index (χ0) is 17.5. The molecule has 0 unspecified atom stereocenters. The number of halogens is 2. The number of rotatable bonds is 7. The van der Waals surface area contributed by atoms with E-state index in [0.29, 0.717) is 22.9 Å². The number of carboxylic acid groups (broad SMARTS) is 1. The van der Waals surface area contributed by atoms with Gasteiger partial charge in [0.25, 0.3) is 0 Å². The van der Waals surface area contributed by atoms with Gasteiger partial charge in [0.1, 0.15) is 12.4 Å². The van der Waals surface area contributed by atoms with Crippen molar-refractivity contribution in [3.05, 3.63) is 64.2 Å². The number of nitrogens with two attached hydrogens (primary N) is 1. The molecule has 1 atom stereocenters. The molecule has 0 aliphatic heterocycles. The summed E-state index contributed by atoms with van der Waals surface area (Å²) in [5, 5.41) is 18.2. The van der Waals surface area contributed by atoms with Crippen LogP contribution >= 0.6 is 24.0 Å². The molecule has 0 aromatic heterocycles. The van der Waals surface area contributed by atoms with E-state index in [1.165, 1.54) is 0 Å². The fourth-order valence-electron chi connectivity index (χ4n) is 2.27. The lowest BCUT2D eigenvalue weighted by atomic mass is 9.96. The van der Waals surface area contributed by atoms with Gasteiger partial charge in [0, 0.05) is 5.92 Å². The Balaban J connectivity index is 0.00000312. The molecule has 0 spiro atoms. The van der Waals surface area contributed by atoms with Gasteiger partial charge < -0.3 is 15.6 Å². The molecule has 0 saturated heterocycles. The van der Waals surface area contributed by atoms with Crippen LogP contribution in [0.3, 0.4) is 0 Å². The molecule has 25 heavy (non-hydrogen) atoms. The van der Waals surface area contributed by atoms with Crippen LogP contribution in [0.4, 0.5) is 0 Å². The largest absolute Gasteiger partial charge is 0.487 e. The minimum absolute atomic E-state index is 0. The Bertz CT molecular complexity index is 758. The van der Waals surface area contributed by atoms with Gasteiger partial charge in [-0.2, -0.15) is 5.26 Å². The van der Waals surface area contributed by atoms with Gasteiger partial charge in [0.05, 0.1) is 23.1 Å². The number of benzene rings is 2. The quantitative estimate of drug-likeness (QED) is 0.762. The lowest BCUT2D eigenvalue weighted by Crippen LogP contribution is -2.16. The van der Waals surface area contributed by atoms with E-state index in [9.17, 15) is 4.79 Å². The first-order valence-electron chi connectivity index (χ1n) is 7.36. The van der Waals surface area contributed by atoms with Gasteiger partial charge in [-0.05, 0) is 41.9 Å². The zero-order valence-corrected chi connectivity index (χ0v) is 14.9. The van der Waals surface area contributed by atoms with Crippen molar-refractivity contribution in [2.45, 2.75) is 18.9 Å². The van der Waals surface area contributed by atoms with Crippen LogP contribution in [0.25, 0.3) is 0 Å². The van der Waals surface area contributed by atoms with Crippen molar-refractivity contribution in [3.63, 3.8) is 0 Å². The molecule has 5 nitrogen and oxygen atoms in total. The second kappa shape index (κ2) is 9.90. The Hall–Kier alpha value is -2.26. The molecular formula is C18H18Cl2N2O3. The van der Waals surface area contributed by atoms with Crippen LogP contribution in [0.5, 0.6) is 5.75 Å². The molecule has 3 N–H and O–H groups in total. The summed E-state index contributed by atoms with van der Waals surface area (Å²) in [6, 6.07) is 14.3. The van der Waals surface area contributed by atoms with Crippen LogP contribution in [0.1, 0.15) is 29.0 Å². The molecule has 0 heterocycles. The van der Waals surface area contributed by atoms with Crippen molar-refractivity contribution < 1.29 is 14.6 Å². The fourth-order valence-corrected chi connectivity index (χ4v) is 2.44. The third kappa shape index (κ3) is 5.95. The molecule has 0 amide bonds. The molecule has 0 radical (unpaired) electrons. The van der Waals surface area contributed by atoms with Crippen molar-refractivity contribution in [2.75, 3.05) is 6.54 Å². The Morgan fingerprint density at radius 3 is 2.52 bits per heavy atom. The highest BCUT2D eigenvalue weighted by molar-refractivity contribution is 6.32. The van der Waals surface area contributed by atoms with Gasteiger partial charge in [-0.15, -0.1) is 12.4 Å². The van der Waals surface area contributed by atoms with E-state index in [-0.39, 0.29) is 31.3 Å². The van der Waals surface area contributed by atoms with Crippen molar-refractivity contribution in [1.29, 1.82) is 5.26 Å². The van der Waals surface area contributed by atoms with Crippen LogP contribution in [0, 0.1) is 11.3 Å². The lowest BCUT2D eigenvalue weighted by molar-refractivity contribution is -0.137. The van der Waals surface area contributed by atoms with E-state index in [2.05, 4.69) is 6.07 Å². The molecule has 2 aromatic rings. The number of hydrogen-bond donors (Lipinski definition) is 2.